The summed E-state index contributed by atoms with van der Waals surface area (Å²) in [7, 11) is 2.14. The van der Waals surface area contributed by atoms with Crippen LogP contribution in [-0.4, -0.2) is 90.1 Å². The molecule has 3 amide bonds. The molecule has 0 radical (unpaired) electrons. The number of hydrogen-bond donors (Lipinski definition) is 3. The molecule has 1 aromatic heterocycles. The summed E-state index contributed by atoms with van der Waals surface area (Å²) in [6.07, 6.45) is 5.09. The number of carbonyl (C=O) groups is 2. The minimum absolute atomic E-state index is 0.0213. The number of nitrogens with one attached hydrogen (secondary N) is 2. The predicted octanol–water partition coefficient (Wildman–Crippen LogP) is 5.07. The van der Waals surface area contributed by atoms with Gasteiger partial charge in [-0.25, -0.2) is 4.79 Å². The molecule has 2 heterocycles. The molecule has 1 aliphatic heterocycles. The summed E-state index contributed by atoms with van der Waals surface area (Å²) >= 11 is 0. The average Bonchev–Trinajstić information content (AvgIpc) is 3.73. The quantitative estimate of drug-likeness (QED) is 0.384. The minimum atomic E-state index is -0.485. The lowest BCUT2D eigenvalue weighted by atomic mass is 10.0. The van der Waals surface area contributed by atoms with Gasteiger partial charge >= 0.3 is 6.03 Å². The molecule has 0 saturated heterocycles. The molecule has 43 heavy (non-hydrogen) atoms. The molecule has 0 unspecified atom stereocenters. The number of likely N-dealkylation sites (N-methyl/N-ethyl adjacent to an activating group) is 1. The second-order valence-corrected chi connectivity index (χ2v) is 12.5. The molecule has 11 heteroatoms. The van der Waals surface area contributed by atoms with Crippen LogP contribution in [0.1, 0.15) is 74.7 Å². The van der Waals surface area contributed by atoms with E-state index in [1.165, 1.54) is 12.8 Å². The van der Waals surface area contributed by atoms with Crippen LogP contribution in [0.25, 0.3) is 0 Å². The Morgan fingerprint density at radius 3 is 2.60 bits per heavy atom. The number of aryl methyl sites for hydroxylation is 2. The van der Waals surface area contributed by atoms with Gasteiger partial charge in [0.2, 0.25) is 0 Å². The third-order valence-corrected chi connectivity index (χ3v) is 8.34. The summed E-state index contributed by atoms with van der Waals surface area (Å²) in [4.78, 5) is 31.2. The van der Waals surface area contributed by atoms with Gasteiger partial charge in [-0.2, -0.15) is 0 Å². The van der Waals surface area contributed by atoms with Gasteiger partial charge in [0.05, 0.1) is 30.4 Å². The van der Waals surface area contributed by atoms with E-state index in [2.05, 4.69) is 34.7 Å². The summed E-state index contributed by atoms with van der Waals surface area (Å²) in [5.74, 6) is 1.48. The van der Waals surface area contributed by atoms with Crippen molar-refractivity contribution in [3.63, 3.8) is 0 Å². The molecule has 4 rings (SSSR count). The number of hydrogen-bond acceptors (Lipinski definition) is 8. The van der Waals surface area contributed by atoms with Crippen molar-refractivity contribution in [2.24, 2.45) is 11.8 Å². The number of carbonyl (C=O) groups excluding carboxylic acids is 2. The van der Waals surface area contributed by atoms with Gasteiger partial charge in [-0.15, -0.1) is 0 Å². The van der Waals surface area contributed by atoms with E-state index in [1.54, 1.807) is 36.9 Å². The fourth-order valence-corrected chi connectivity index (χ4v) is 5.52. The normalized spacial score (nSPS) is 22.8. The number of amides is 3. The first-order valence-corrected chi connectivity index (χ1v) is 15.6. The second-order valence-electron chi connectivity index (χ2n) is 12.5. The van der Waals surface area contributed by atoms with Crippen LogP contribution < -0.4 is 15.4 Å². The van der Waals surface area contributed by atoms with Crippen LogP contribution in [0.4, 0.5) is 16.2 Å². The van der Waals surface area contributed by atoms with Crippen molar-refractivity contribution in [3.05, 3.63) is 35.2 Å². The number of rotatable bonds is 8. The highest BCUT2D eigenvalue weighted by atomic mass is 16.5. The third kappa shape index (κ3) is 9.17. The summed E-state index contributed by atoms with van der Waals surface area (Å²) in [6, 6.07) is 4.17. The van der Waals surface area contributed by atoms with Gasteiger partial charge in [0, 0.05) is 37.8 Å². The van der Waals surface area contributed by atoms with Crippen molar-refractivity contribution in [1.82, 2.24) is 15.0 Å². The molecule has 2 aliphatic rings. The fourth-order valence-electron chi connectivity index (χ4n) is 5.52. The number of aromatic nitrogens is 1. The summed E-state index contributed by atoms with van der Waals surface area (Å²) in [5.41, 5.74) is 1.83. The van der Waals surface area contributed by atoms with Gasteiger partial charge in [-0.3, -0.25) is 4.79 Å². The van der Waals surface area contributed by atoms with Crippen molar-refractivity contribution in [2.75, 3.05) is 50.5 Å². The second kappa shape index (κ2) is 15.0. The van der Waals surface area contributed by atoms with Gasteiger partial charge in [0.15, 0.2) is 5.76 Å². The summed E-state index contributed by atoms with van der Waals surface area (Å²) in [6.45, 7) is 12.1. The Kier molecular flexibility index (Phi) is 11.5. The number of fused-ring (bicyclic) bond motifs is 1. The third-order valence-electron chi connectivity index (χ3n) is 8.34. The van der Waals surface area contributed by atoms with Crippen LogP contribution in [0.15, 0.2) is 22.7 Å². The molecule has 3 N–H and O–H groups in total. The lowest BCUT2D eigenvalue weighted by molar-refractivity contribution is -0.0172. The molecule has 0 spiro atoms. The maximum atomic E-state index is 14.3. The first kappa shape index (κ1) is 32.8. The van der Waals surface area contributed by atoms with Crippen LogP contribution >= 0.6 is 0 Å². The summed E-state index contributed by atoms with van der Waals surface area (Å²) in [5, 5.41) is 19.6. The van der Waals surface area contributed by atoms with Gasteiger partial charge in [0.1, 0.15) is 17.1 Å². The topological polar surface area (TPSA) is 129 Å². The lowest BCUT2D eigenvalue weighted by Crippen LogP contribution is -2.47. The van der Waals surface area contributed by atoms with Gasteiger partial charge in [-0.1, -0.05) is 12.1 Å². The number of aliphatic hydroxyl groups excluding tert-OH is 1. The number of urea groups is 1. The maximum absolute atomic E-state index is 14.3. The van der Waals surface area contributed by atoms with Crippen molar-refractivity contribution < 1.29 is 28.7 Å². The van der Waals surface area contributed by atoms with Crippen LogP contribution in [0, 0.1) is 25.7 Å². The van der Waals surface area contributed by atoms with Gasteiger partial charge in [0.25, 0.3) is 5.91 Å². The van der Waals surface area contributed by atoms with E-state index in [9.17, 15) is 14.7 Å². The highest BCUT2D eigenvalue weighted by Crippen LogP contribution is 2.31. The monoisotopic (exact) mass is 599 g/mol. The Hall–Kier alpha value is -3.15. The van der Waals surface area contributed by atoms with E-state index in [1.807, 2.05) is 13.8 Å². The number of benzene rings is 1. The van der Waals surface area contributed by atoms with Crippen molar-refractivity contribution in [3.8, 4) is 5.75 Å². The minimum Gasteiger partial charge on any atom is -0.490 e. The molecule has 1 aromatic carbocycles. The number of aliphatic hydroxyl groups is 1. The SMILES string of the molecule is Cc1noc(C)c1NC(=O)Nc1ccc2c(c1)C(=O)N([C@H](C)CO)C[C@H](C)[C@H](CN(C)CC1CC1)OCCCC[C@H](C)O2. The first-order chi connectivity index (χ1) is 20.5. The Morgan fingerprint density at radius 2 is 1.93 bits per heavy atom. The van der Waals surface area contributed by atoms with Crippen molar-refractivity contribution in [2.45, 2.75) is 85.0 Å². The Labute approximate surface area is 255 Å². The first-order valence-electron chi connectivity index (χ1n) is 15.6. The fraction of sp³-hybridized carbons (Fsp3) is 0.656. The van der Waals surface area contributed by atoms with Crippen LogP contribution in [0.2, 0.25) is 0 Å². The van der Waals surface area contributed by atoms with E-state index in [0.717, 1.165) is 38.3 Å². The number of nitrogens with zero attached hydrogens (tertiary/aromatic N) is 3. The molecule has 1 saturated carbocycles. The van der Waals surface area contributed by atoms with Crippen LogP contribution in [-0.2, 0) is 4.74 Å². The summed E-state index contributed by atoms with van der Waals surface area (Å²) < 4.78 is 17.9. The molecular formula is C32H49N5O6. The van der Waals surface area contributed by atoms with E-state index in [4.69, 9.17) is 14.0 Å². The molecule has 1 fully saturated rings. The number of ether oxygens (including phenoxy) is 2. The smallest absolute Gasteiger partial charge is 0.323 e. The molecule has 11 nitrogen and oxygen atoms in total. The molecule has 2 aromatic rings. The van der Waals surface area contributed by atoms with Gasteiger partial charge in [-0.05, 0) is 91.0 Å². The average molecular weight is 600 g/mol. The highest BCUT2D eigenvalue weighted by molar-refractivity contribution is 6.03. The van der Waals surface area contributed by atoms with E-state index in [-0.39, 0.29) is 30.6 Å². The Morgan fingerprint density at radius 1 is 1.16 bits per heavy atom. The number of anilines is 2. The van der Waals surface area contributed by atoms with E-state index >= 15 is 0 Å². The Balaban J connectivity index is 1.60. The van der Waals surface area contributed by atoms with Crippen molar-refractivity contribution >= 4 is 23.3 Å². The molecule has 4 atom stereocenters. The maximum Gasteiger partial charge on any atom is 0.323 e. The molecule has 1 aliphatic carbocycles. The van der Waals surface area contributed by atoms with Crippen molar-refractivity contribution in [1.29, 1.82) is 0 Å². The standard InChI is InChI=1S/C32H49N5O6/c1-20-16-37(21(2)19-38)31(39)27-15-26(33-32(40)34-30-23(4)35-43-24(30)5)12-13-28(27)42-22(3)9-7-8-14-41-29(20)18-36(6)17-25-10-11-25/h12-13,15,20-22,25,29,38H,7-11,14,16-19H2,1-6H3,(H2,33,34,40)/t20-,21+,22-,29-/m0/s1. The molecular weight excluding hydrogens is 550 g/mol. The largest absolute Gasteiger partial charge is 0.490 e. The predicted molar refractivity (Wildman–Crippen MR) is 166 cm³/mol. The highest BCUT2D eigenvalue weighted by Gasteiger charge is 2.31. The lowest BCUT2D eigenvalue weighted by Gasteiger charge is -2.36. The zero-order chi connectivity index (χ0) is 31.1. The zero-order valence-electron chi connectivity index (χ0n) is 26.5. The van der Waals surface area contributed by atoms with Crippen LogP contribution in [0.5, 0.6) is 5.75 Å². The molecule has 238 valence electrons. The van der Waals surface area contributed by atoms with E-state index in [0.29, 0.717) is 47.3 Å². The van der Waals surface area contributed by atoms with E-state index < -0.39 is 12.1 Å². The van der Waals surface area contributed by atoms with Crippen LogP contribution in [0.3, 0.4) is 0 Å². The molecule has 0 bridgehead atoms. The zero-order valence-corrected chi connectivity index (χ0v) is 26.5. The Bertz CT molecular complexity index is 1210. The van der Waals surface area contributed by atoms with Gasteiger partial charge < -0.3 is 39.5 Å².